The summed E-state index contributed by atoms with van der Waals surface area (Å²) in [7, 11) is -3.56. The van der Waals surface area contributed by atoms with Gasteiger partial charge >= 0.3 is 0 Å². The van der Waals surface area contributed by atoms with Crippen LogP contribution < -0.4 is 14.4 Å². The summed E-state index contributed by atoms with van der Waals surface area (Å²) in [5.41, 5.74) is 2.56. The lowest BCUT2D eigenvalue weighted by molar-refractivity contribution is -0.141. The van der Waals surface area contributed by atoms with Crippen LogP contribution in [0.15, 0.2) is 48.5 Å². The van der Waals surface area contributed by atoms with Gasteiger partial charge in [-0.05, 0) is 69.9 Å². The maximum atomic E-state index is 13.5. The van der Waals surface area contributed by atoms with Gasteiger partial charge in [0.1, 0.15) is 11.8 Å². The van der Waals surface area contributed by atoms with E-state index in [2.05, 4.69) is 5.32 Å². The molecule has 0 aliphatic carbocycles. The van der Waals surface area contributed by atoms with E-state index in [1.54, 1.807) is 29.2 Å². The third-order valence-electron chi connectivity index (χ3n) is 6.45. The number of carbonyl (C=O) groups is 2. The molecular formula is C29H43N3O5S. The zero-order valence-electron chi connectivity index (χ0n) is 23.6. The van der Waals surface area contributed by atoms with E-state index >= 15 is 0 Å². The van der Waals surface area contributed by atoms with Crippen molar-refractivity contribution in [2.75, 3.05) is 23.7 Å². The number of sulfonamides is 1. The second-order valence-electron chi connectivity index (χ2n) is 9.61. The van der Waals surface area contributed by atoms with Crippen molar-refractivity contribution in [3.63, 3.8) is 0 Å². The molecule has 2 atom stereocenters. The lowest BCUT2D eigenvalue weighted by atomic mass is 10.1. The van der Waals surface area contributed by atoms with Gasteiger partial charge in [0.2, 0.25) is 21.8 Å². The summed E-state index contributed by atoms with van der Waals surface area (Å²) in [6.07, 6.45) is 2.85. The lowest BCUT2D eigenvalue weighted by Crippen LogP contribution is -2.50. The number of carbonyl (C=O) groups excluding carboxylic acids is 2. The van der Waals surface area contributed by atoms with Crippen molar-refractivity contribution in [2.45, 2.75) is 78.9 Å². The van der Waals surface area contributed by atoms with E-state index < -0.39 is 16.1 Å². The first-order valence-electron chi connectivity index (χ1n) is 13.4. The predicted octanol–water partition coefficient (Wildman–Crippen LogP) is 4.66. The third-order valence-corrected chi connectivity index (χ3v) is 7.64. The van der Waals surface area contributed by atoms with Crippen LogP contribution in [-0.2, 0) is 26.2 Å². The summed E-state index contributed by atoms with van der Waals surface area (Å²) in [6.45, 7) is 10.7. The van der Waals surface area contributed by atoms with E-state index in [0.717, 1.165) is 23.8 Å². The molecule has 8 nitrogen and oxygen atoms in total. The Morgan fingerprint density at radius 1 is 0.974 bits per heavy atom. The molecule has 0 heterocycles. The number of anilines is 1. The number of nitrogens with zero attached hydrogens (tertiary/aromatic N) is 2. The van der Waals surface area contributed by atoms with Crippen molar-refractivity contribution >= 4 is 27.5 Å². The molecule has 0 aliphatic heterocycles. The van der Waals surface area contributed by atoms with Crippen LogP contribution >= 0.6 is 0 Å². The molecule has 0 bridgehead atoms. The van der Waals surface area contributed by atoms with Crippen LogP contribution in [0.1, 0.15) is 64.5 Å². The zero-order chi connectivity index (χ0) is 28.3. The molecule has 1 N–H and O–H groups in total. The lowest BCUT2D eigenvalue weighted by Gasteiger charge is -2.32. The minimum Gasteiger partial charge on any atom is -0.494 e. The average molecular weight is 546 g/mol. The molecule has 38 heavy (non-hydrogen) atoms. The highest BCUT2D eigenvalue weighted by molar-refractivity contribution is 7.92. The van der Waals surface area contributed by atoms with Crippen molar-refractivity contribution < 1.29 is 22.7 Å². The van der Waals surface area contributed by atoms with Crippen molar-refractivity contribution in [3.05, 3.63) is 59.7 Å². The van der Waals surface area contributed by atoms with Crippen LogP contribution in [0.25, 0.3) is 0 Å². The van der Waals surface area contributed by atoms with E-state index in [4.69, 9.17) is 4.74 Å². The van der Waals surface area contributed by atoms with Crippen LogP contribution in [-0.4, -0.2) is 56.6 Å². The number of nitrogens with one attached hydrogen (secondary N) is 1. The zero-order valence-corrected chi connectivity index (χ0v) is 24.4. The van der Waals surface area contributed by atoms with Gasteiger partial charge < -0.3 is 15.0 Å². The second kappa shape index (κ2) is 14.8. The van der Waals surface area contributed by atoms with Gasteiger partial charge in [-0.15, -0.1) is 0 Å². The molecule has 0 fully saturated rings. The van der Waals surface area contributed by atoms with Crippen molar-refractivity contribution in [1.82, 2.24) is 10.2 Å². The Hall–Kier alpha value is -3.07. The summed E-state index contributed by atoms with van der Waals surface area (Å²) >= 11 is 0. The van der Waals surface area contributed by atoms with Crippen LogP contribution in [0.4, 0.5) is 5.69 Å². The highest BCUT2D eigenvalue weighted by Crippen LogP contribution is 2.23. The summed E-state index contributed by atoms with van der Waals surface area (Å²) in [6, 6.07) is 14.1. The van der Waals surface area contributed by atoms with E-state index in [0.29, 0.717) is 37.4 Å². The van der Waals surface area contributed by atoms with Gasteiger partial charge in [-0.3, -0.25) is 13.9 Å². The Morgan fingerprint density at radius 2 is 1.61 bits per heavy atom. The number of amides is 2. The van der Waals surface area contributed by atoms with Crippen LogP contribution in [0.2, 0.25) is 0 Å². The number of aryl methyl sites for hydroxylation is 1. The topological polar surface area (TPSA) is 96.0 Å². The Morgan fingerprint density at radius 3 is 2.13 bits per heavy atom. The summed E-state index contributed by atoms with van der Waals surface area (Å²) < 4.78 is 31.8. The minimum atomic E-state index is -3.56. The van der Waals surface area contributed by atoms with Gasteiger partial charge in [0.15, 0.2) is 0 Å². The summed E-state index contributed by atoms with van der Waals surface area (Å²) in [5, 5.41) is 3.01. The highest BCUT2D eigenvalue weighted by atomic mass is 32.2. The monoisotopic (exact) mass is 545 g/mol. The van der Waals surface area contributed by atoms with Gasteiger partial charge in [0.05, 0.1) is 18.6 Å². The quantitative estimate of drug-likeness (QED) is 0.351. The first kappa shape index (κ1) is 31.1. The normalized spacial score (nSPS) is 12.9. The van der Waals surface area contributed by atoms with Crippen LogP contribution in [0.3, 0.4) is 0 Å². The van der Waals surface area contributed by atoms with Gasteiger partial charge in [-0.2, -0.15) is 0 Å². The molecule has 0 saturated carbocycles. The summed E-state index contributed by atoms with van der Waals surface area (Å²) in [4.78, 5) is 28.3. The smallest absolute Gasteiger partial charge is 0.243 e. The fourth-order valence-corrected chi connectivity index (χ4v) is 5.10. The average Bonchev–Trinajstić information content (AvgIpc) is 2.87. The van der Waals surface area contributed by atoms with Crippen molar-refractivity contribution in [3.8, 4) is 5.75 Å². The fourth-order valence-electron chi connectivity index (χ4n) is 4.13. The molecule has 0 unspecified atom stereocenters. The van der Waals surface area contributed by atoms with E-state index in [1.165, 1.54) is 4.31 Å². The second-order valence-corrected chi connectivity index (χ2v) is 11.5. The number of ether oxygens (including phenoxy) is 1. The van der Waals surface area contributed by atoms with Gasteiger partial charge in [0.25, 0.3) is 0 Å². The van der Waals surface area contributed by atoms with Gasteiger partial charge in [-0.1, -0.05) is 43.7 Å². The van der Waals surface area contributed by atoms with Gasteiger partial charge in [-0.25, -0.2) is 8.42 Å². The fraction of sp³-hybridized carbons (Fsp3) is 0.517. The van der Waals surface area contributed by atoms with Crippen LogP contribution in [0, 0.1) is 6.92 Å². The molecule has 2 amide bonds. The Labute approximate surface area is 228 Å². The van der Waals surface area contributed by atoms with Crippen LogP contribution in [0.5, 0.6) is 5.75 Å². The minimum absolute atomic E-state index is 0.00492. The molecular weight excluding hydrogens is 502 g/mol. The first-order valence-corrected chi connectivity index (χ1v) is 15.2. The van der Waals surface area contributed by atoms with E-state index in [-0.39, 0.29) is 30.8 Å². The number of hydrogen-bond donors (Lipinski definition) is 1. The first-order chi connectivity index (χ1) is 18.0. The molecule has 0 aliphatic rings. The summed E-state index contributed by atoms with van der Waals surface area (Å²) in [5.74, 6) is 0.305. The molecule has 2 rings (SSSR count). The van der Waals surface area contributed by atoms with E-state index in [1.807, 2.05) is 58.9 Å². The predicted molar refractivity (Wildman–Crippen MR) is 153 cm³/mol. The molecule has 210 valence electrons. The standard InChI is InChI=1S/C29H43N3O5S/c1-7-23(5)30-29(34)27(8-2)31(21-24-14-12-22(4)13-15-24)28(33)11-10-20-32(38(6,35)36)25-16-18-26(19-17-25)37-9-3/h12-19,23,27H,7-11,20-21H2,1-6H3,(H,30,34)/t23-,27-/m1/s1. The molecule has 2 aromatic rings. The molecule has 0 saturated heterocycles. The number of hydrogen-bond acceptors (Lipinski definition) is 5. The van der Waals surface area contributed by atoms with Gasteiger partial charge in [0, 0.05) is 25.6 Å². The molecule has 0 spiro atoms. The molecule has 2 aromatic carbocycles. The maximum absolute atomic E-state index is 13.5. The largest absolute Gasteiger partial charge is 0.494 e. The molecule has 0 aromatic heterocycles. The van der Waals surface area contributed by atoms with Crippen molar-refractivity contribution in [1.29, 1.82) is 0 Å². The Balaban J connectivity index is 2.20. The SMILES string of the molecule is CCOc1ccc(N(CCCC(=O)N(Cc2ccc(C)cc2)[C@H](CC)C(=O)N[C@H](C)CC)S(C)(=O)=O)cc1. The number of rotatable bonds is 15. The Kier molecular flexibility index (Phi) is 12.1. The molecule has 0 radical (unpaired) electrons. The van der Waals surface area contributed by atoms with E-state index in [9.17, 15) is 18.0 Å². The molecule has 9 heteroatoms. The third kappa shape index (κ3) is 9.35. The number of benzene rings is 2. The Bertz CT molecular complexity index is 1130. The van der Waals surface area contributed by atoms with Crippen molar-refractivity contribution in [2.24, 2.45) is 0 Å². The highest BCUT2D eigenvalue weighted by Gasteiger charge is 2.29. The maximum Gasteiger partial charge on any atom is 0.243 e.